The Kier molecular flexibility index (Phi) is 4.22. The van der Waals surface area contributed by atoms with Crippen LogP contribution < -0.4 is 4.74 Å². The summed E-state index contributed by atoms with van der Waals surface area (Å²) in [6.07, 6.45) is -0.698. The van der Waals surface area contributed by atoms with E-state index in [9.17, 15) is 9.50 Å². The molecule has 0 amide bonds. The van der Waals surface area contributed by atoms with Crippen LogP contribution in [-0.4, -0.2) is 5.11 Å². The van der Waals surface area contributed by atoms with Gasteiger partial charge in [-0.1, -0.05) is 28.1 Å². The Balaban J connectivity index is 2.31. The van der Waals surface area contributed by atoms with Crippen molar-refractivity contribution in [3.8, 4) is 11.5 Å². The summed E-state index contributed by atoms with van der Waals surface area (Å²) in [4.78, 5) is 0. The van der Waals surface area contributed by atoms with E-state index in [1.54, 1.807) is 19.1 Å². The van der Waals surface area contributed by atoms with Crippen LogP contribution in [0.25, 0.3) is 0 Å². The first-order valence-corrected chi connectivity index (χ1v) is 6.68. The van der Waals surface area contributed by atoms with Crippen molar-refractivity contribution in [3.63, 3.8) is 0 Å². The molecule has 19 heavy (non-hydrogen) atoms. The third kappa shape index (κ3) is 3.33. The van der Waals surface area contributed by atoms with Gasteiger partial charge in [-0.15, -0.1) is 0 Å². The Bertz CT molecular complexity index is 597. The largest absolute Gasteiger partial charge is 0.454 e. The van der Waals surface area contributed by atoms with Gasteiger partial charge in [0.1, 0.15) is 5.75 Å². The van der Waals surface area contributed by atoms with Crippen LogP contribution in [0.1, 0.15) is 24.2 Å². The molecular weight excluding hydrogens is 311 g/mol. The van der Waals surface area contributed by atoms with Gasteiger partial charge in [0.05, 0.1) is 6.10 Å². The third-order valence-electron chi connectivity index (χ3n) is 2.81. The SMILES string of the molecule is Cc1ccc(Br)cc1Oc1ccc([C@@H](C)O)cc1F. The van der Waals surface area contributed by atoms with Crippen LogP contribution in [0.15, 0.2) is 40.9 Å². The van der Waals surface area contributed by atoms with Gasteiger partial charge in [0.15, 0.2) is 11.6 Å². The molecule has 0 aliphatic rings. The molecule has 0 saturated carbocycles. The Morgan fingerprint density at radius 1 is 1.16 bits per heavy atom. The zero-order chi connectivity index (χ0) is 14.0. The second kappa shape index (κ2) is 5.72. The van der Waals surface area contributed by atoms with Crippen molar-refractivity contribution in [1.29, 1.82) is 0 Å². The van der Waals surface area contributed by atoms with E-state index in [0.29, 0.717) is 11.3 Å². The molecule has 100 valence electrons. The minimum atomic E-state index is -0.698. The van der Waals surface area contributed by atoms with Crippen molar-refractivity contribution in [2.75, 3.05) is 0 Å². The number of aliphatic hydroxyl groups excluding tert-OH is 1. The lowest BCUT2D eigenvalue weighted by atomic mass is 10.1. The van der Waals surface area contributed by atoms with E-state index in [2.05, 4.69) is 15.9 Å². The van der Waals surface area contributed by atoms with E-state index in [4.69, 9.17) is 4.74 Å². The minimum Gasteiger partial charge on any atom is -0.454 e. The summed E-state index contributed by atoms with van der Waals surface area (Å²) in [6, 6.07) is 10.0. The van der Waals surface area contributed by atoms with Gasteiger partial charge in [-0.2, -0.15) is 0 Å². The molecule has 0 aliphatic heterocycles. The molecule has 0 radical (unpaired) electrons. The summed E-state index contributed by atoms with van der Waals surface area (Å²) >= 11 is 3.35. The third-order valence-corrected chi connectivity index (χ3v) is 3.30. The molecule has 0 aromatic heterocycles. The van der Waals surface area contributed by atoms with Gasteiger partial charge >= 0.3 is 0 Å². The number of halogens is 2. The molecule has 2 rings (SSSR count). The summed E-state index contributed by atoms with van der Waals surface area (Å²) in [5, 5.41) is 9.40. The van der Waals surface area contributed by atoms with Crippen LogP contribution in [0.5, 0.6) is 11.5 Å². The van der Waals surface area contributed by atoms with Crippen molar-refractivity contribution < 1.29 is 14.2 Å². The summed E-state index contributed by atoms with van der Waals surface area (Å²) in [5.74, 6) is 0.251. The normalized spacial score (nSPS) is 12.3. The van der Waals surface area contributed by atoms with E-state index < -0.39 is 11.9 Å². The number of aliphatic hydroxyl groups is 1. The maximum absolute atomic E-state index is 13.9. The van der Waals surface area contributed by atoms with Gasteiger partial charge < -0.3 is 9.84 Å². The van der Waals surface area contributed by atoms with Gasteiger partial charge in [0.2, 0.25) is 0 Å². The molecule has 4 heteroatoms. The zero-order valence-corrected chi connectivity index (χ0v) is 12.2. The topological polar surface area (TPSA) is 29.5 Å². The van der Waals surface area contributed by atoms with Crippen molar-refractivity contribution in [1.82, 2.24) is 0 Å². The molecule has 0 saturated heterocycles. The van der Waals surface area contributed by atoms with Crippen LogP contribution in [-0.2, 0) is 0 Å². The van der Waals surface area contributed by atoms with Crippen molar-refractivity contribution in [3.05, 3.63) is 57.8 Å². The van der Waals surface area contributed by atoms with E-state index in [1.165, 1.54) is 12.1 Å². The summed E-state index contributed by atoms with van der Waals surface area (Å²) in [7, 11) is 0. The smallest absolute Gasteiger partial charge is 0.166 e. The molecule has 0 heterocycles. The summed E-state index contributed by atoms with van der Waals surface area (Å²) < 4.78 is 20.3. The van der Waals surface area contributed by atoms with Gasteiger partial charge in [-0.25, -0.2) is 4.39 Å². The maximum Gasteiger partial charge on any atom is 0.166 e. The second-order valence-corrected chi connectivity index (χ2v) is 5.29. The van der Waals surface area contributed by atoms with Crippen molar-refractivity contribution in [2.24, 2.45) is 0 Å². The van der Waals surface area contributed by atoms with Crippen molar-refractivity contribution >= 4 is 15.9 Å². The lowest BCUT2D eigenvalue weighted by Gasteiger charge is -2.11. The molecule has 2 aromatic rings. The monoisotopic (exact) mass is 324 g/mol. The van der Waals surface area contributed by atoms with Gasteiger partial charge in [0.25, 0.3) is 0 Å². The molecule has 0 aliphatic carbocycles. The standard InChI is InChI=1S/C15H14BrFO2/c1-9-3-5-12(16)8-15(9)19-14-6-4-11(10(2)18)7-13(14)17/h3-8,10,18H,1-2H3/t10-/m1/s1. The van der Waals surface area contributed by atoms with Crippen LogP contribution >= 0.6 is 15.9 Å². The molecule has 1 atom stereocenters. The highest BCUT2D eigenvalue weighted by atomic mass is 79.9. The molecule has 0 bridgehead atoms. The zero-order valence-electron chi connectivity index (χ0n) is 10.7. The fourth-order valence-electron chi connectivity index (χ4n) is 1.66. The minimum absolute atomic E-state index is 0.144. The van der Waals surface area contributed by atoms with Crippen LogP contribution in [0, 0.1) is 12.7 Å². The number of hydrogen-bond acceptors (Lipinski definition) is 2. The first kappa shape index (κ1) is 14.0. The molecule has 0 spiro atoms. The van der Waals surface area contributed by atoms with Crippen LogP contribution in [0.2, 0.25) is 0 Å². The van der Waals surface area contributed by atoms with Crippen molar-refractivity contribution in [2.45, 2.75) is 20.0 Å². The quantitative estimate of drug-likeness (QED) is 0.883. The van der Waals surface area contributed by atoms with Crippen LogP contribution in [0.3, 0.4) is 0 Å². The lowest BCUT2D eigenvalue weighted by molar-refractivity contribution is 0.198. The van der Waals surface area contributed by atoms with Gasteiger partial charge in [-0.3, -0.25) is 0 Å². The molecule has 2 aromatic carbocycles. The Hall–Kier alpha value is -1.39. The first-order chi connectivity index (χ1) is 8.97. The Labute approximate surface area is 120 Å². The fraction of sp³-hybridized carbons (Fsp3) is 0.200. The highest BCUT2D eigenvalue weighted by Gasteiger charge is 2.10. The number of benzene rings is 2. The second-order valence-electron chi connectivity index (χ2n) is 4.38. The molecule has 1 N–H and O–H groups in total. The number of ether oxygens (including phenoxy) is 1. The van der Waals surface area contributed by atoms with Crippen LogP contribution in [0.4, 0.5) is 4.39 Å². The highest BCUT2D eigenvalue weighted by Crippen LogP contribution is 2.30. The fourth-order valence-corrected chi connectivity index (χ4v) is 2.00. The highest BCUT2D eigenvalue weighted by molar-refractivity contribution is 9.10. The molecular formula is C15H14BrFO2. The lowest BCUT2D eigenvalue weighted by Crippen LogP contribution is -1.95. The first-order valence-electron chi connectivity index (χ1n) is 5.89. The van der Waals surface area contributed by atoms with E-state index in [-0.39, 0.29) is 5.75 Å². The average molecular weight is 325 g/mol. The number of hydrogen-bond donors (Lipinski definition) is 1. The van der Waals surface area contributed by atoms with E-state index in [0.717, 1.165) is 10.0 Å². The molecule has 0 fully saturated rings. The predicted molar refractivity (Wildman–Crippen MR) is 76.0 cm³/mol. The average Bonchev–Trinajstić information content (AvgIpc) is 2.36. The number of rotatable bonds is 3. The van der Waals surface area contributed by atoms with E-state index in [1.807, 2.05) is 19.1 Å². The molecule has 2 nitrogen and oxygen atoms in total. The molecule has 0 unspecified atom stereocenters. The van der Waals surface area contributed by atoms with Gasteiger partial charge in [0, 0.05) is 4.47 Å². The Morgan fingerprint density at radius 3 is 2.53 bits per heavy atom. The number of aryl methyl sites for hydroxylation is 1. The maximum atomic E-state index is 13.9. The summed E-state index contributed by atoms with van der Waals surface area (Å²) in [5.41, 5.74) is 1.44. The van der Waals surface area contributed by atoms with Gasteiger partial charge in [-0.05, 0) is 49.2 Å². The summed E-state index contributed by atoms with van der Waals surface area (Å²) in [6.45, 7) is 3.48. The van der Waals surface area contributed by atoms with E-state index >= 15 is 0 Å². The Morgan fingerprint density at radius 2 is 1.89 bits per heavy atom. The predicted octanol–water partition coefficient (Wildman–Crippen LogP) is 4.74.